The van der Waals surface area contributed by atoms with Gasteiger partial charge in [0.25, 0.3) is 0 Å². The van der Waals surface area contributed by atoms with Crippen LogP contribution in [0.4, 0.5) is 0 Å². The first-order valence-corrected chi connectivity index (χ1v) is 3.62. The third kappa shape index (κ3) is 1.38. The number of hydrogen-bond acceptors (Lipinski definition) is 3. The van der Waals surface area contributed by atoms with Crippen LogP contribution in [0, 0.1) is 0 Å². The monoisotopic (exact) mass is 144 g/mol. The van der Waals surface area contributed by atoms with Crippen molar-refractivity contribution in [3.8, 4) is 0 Å². The second kappa shape index (κ2) is 2.77. The van der Waals surface area contributed by atoms with Gasteiger partial charge in [0.15, 0.2) is 0 Å². The first kappa shape index (κ1) is 6.48. The Labute approximate surface area is 58.3 Å². The van der Waals surface area contributed by atoms with Crippen molar-refractivity contribution in [2.45, 2.75) is 0 Å². The Morgan fingerprint density at radius 1 is 1.89 bits per heavy atom. The highest BCUT2D eigenvalue weighted by atomic mass is 32.2. The van der Waals surface area contributed by atoms with Gasteiger partial charge >= 0.3 is 0 Å². The summed E-state index contributed by atoms with van der Waals surface area (Å²) in [6.07, 6.45) is 2.66. The minimum atomic E-state index is 0.788. The molecule has 1 rings (SSSR count). The van der Waals surface area contributed by atoms with E-state index in [4.69, 9.17) is 0 Å². The summed E-state index contributed by atoms with van der Waals surface area (Å²) in [4.78, 5) is 10.1. The van der Waals surface area contributed by atoms with E-state index in [9.17, 15) is 4.79 Å². The molecule has 0 aliphatic carbocycles. The largest absolute Gasteiger partial charge is 0.280 e. The predicted octanol–water partition coefficient (Wildman–Crippen LogP) is 0.467. The third-order valence-electron chi connectivity index (χ3n) is 1.09. The molecule has 0 saturated heterocycles. The fraction of sp³-hybridized carbons (Fsp3) is 0.400. The third-order valence-corrected chi connectivity index (χ3v) is 1.82. The van der Waals surface area contributed by atoms with Crippen molar-refractivity contribution in [2.24, 2.45) is 0 Å². The van der Waals surface area contributed by atoms with Crippen LogP contribution in [-0.2, 0) is 4.79 Å². The zero-order chi connectivity index (χ0) is 6.69. The minimum absolute atomic E-state index is 0.788. The lowest BCUT2D eigenvalue weighted by Crippen LogP contribution is -2.32. The molecule has 0 fully saturated rings. The zero-order valence-electron chi connectivity index (χ0n) is 5.15. The van der Waals surface area contributed by atoms with Crippen LogP contribution in [0.25, 0.3) is 0 Å². The predicted molar refractivity (Wildman–Crippen MR) is 37.3 cm³/mol. The van der Waals surface area contributed by atoms with E-state index in [-0.39, 0.29) is 0 Å². The van der Waals surface area contributed by atoms with Crippen LogP contribution in [0.2, 0.25) is 0 Å². The number of rotatable bonds is 2. The molecule has 3 nitrogen and oxygen atoms in total. The van der Waals surface area contributed by atoms with Gasteiger partial charge in [-0.3, -0.25) is 14.8 Å². The van der Waals surface area contributed by atoms with Gasteiger partial charge in [-0.15, -0.1) is 11.8 Å². The van der Waals surface area contributed by atoms with Crippen molar-refractivity contribution in [3.63, 3.8) is 0 Å². The molecular formula is C5H8N2OS. The lowest BCUT2D eigenvalue weighted by molar-refractivity contribution is -0.126. The van der Waals surface area contributed by atoms with Gasteiger partial charge in [0, 0.05) is 13.2 Å². The summed E-state index contributed by atoms with van der Waals surface area (Å²) in [5, 5.41) is 5.30. The Morgan fingerprint density at radius 2 is 2.67 bits per heavy atom. The van der Waals surface area contributed by atoms with Crippen molar-refractivity contribution in [2.75, 3.05) is 12.9 Å². The molecule has 1 aliphatic heterocycles. The van der Waals surface area contributed by atoms with E-state index in [2.05, 4.69) is 0 Å². The number of carbonyl (C=O) groups excluding carboxylic acids is 1. The van der Waals surface area contributed by atoms with Crippen LogP contribution in [0.5, 0.6) is 0 Å². The highest BCUT2D eigenvalue weighted by Crippen LogP contribution is 2.14. The number of amides is 1. The van der Waals surface area contributed by atoms with E-state index in [0.29, 0.717) is 0 Å². The van der Waals surface area contributed by atoms with Crippen LogP contribution >= 0.6 is 11.8 Å². The quantitative estimate of drug-likeness (QED) is 0.526. The Balaban J connectivity index is 2.42. The van der Waals surface area contributed by atoms with Gasteiger partial charge in [-0.25, -0.2) is 0 Å². The summed E-state index contributed by atoms with van der Waals surface area (Å²) in [6, 6.07) is 0. The van der Waals surface area contributed by atoms with E-state index in [1.807, 2.05) is 16.6 Å². The molecule has 0 aromatic heterocycles. The first-order chi connectivity index (χ1) is 4.34. The van der Waals surface area contributed by atoms with E-state index < -0.39 is 0 Å². The molecule has 4 heteroatoms. The van der Waals surface area contributed by atoms with Gasteiger partial charge in [0.1, 0.15) is 0 Å². The molecule has 0 unspecified atom stereocenters. The Morgan fingerprint density at radius 3 is 3.11 bits per heavy atom. The van der Waals surface area contributed by atoms with Crippen molar-refractivity contribution >= 4 is 18.2 Å². The maximum absolute atomic E-state index is 10.1. The molecular weight excluding hydrogens is 136 g/mol. The van der Waals surface area contributed by atoms with Gasteiger partial charge < -0.3 is 0 Å². The van der Waals surface area contributed by atoms with E-state index in [0.717, 1.165) is 12.3 Å². The highest BCUT2D eigenvalue weighted by molar-refractivity contribution is 8.02. The smallest absolute Gasteiger partial charge is 0.228 e. The van der Waals surface area contributed by atoms with Gasteiger partial charge in [-0.1, -0.05) is 0 Å². The Kier molecular flexibility index (Phi) is 2.00. The second-order valence-electron chi connectivity index (χ2n) is 1.70. The van der Waals surface area contributed by atoms with E-state index >= 15 is 0 Å². The van der Waals surface area contributed by atoms with Crippen LogP contribution in [0.1, 0.15) is 0 Å². The molecule has 1 aliphatic rings. The molecule has 50 valence electrons. The molecule has 9 heavy (non-hydrogen) atoms. The molecule has 0 bridgehead atoms. The standard InChI is InChI=1S/C5H8N2OS/c1-6(4-8)7-2-3-9-5-7/h2-4H,5H2,1H3. The fourth-order valence-electron chi connectivity index (χ4n) is 0.532. The average Bonchev–Trinajstić information content (AvgIpc) is 2.37. The summed E-state index contributed by atoms with van der Waals surface area (Å²) in [5.74, 6) is 0.842. The molecule has 0 aromatic carbocycles. The molecule has 0 spiro atoms. The summed E-state index contributed by atoms with van der Waals surface area (Å²) in [7, 11) is 1.73. The van der Waals surface area contributed by atoms with Crippen LogP contribution < -0.4 is 0 Å². The number of nitrogens with zero attached hydrogens (tertiary/aromatic N) is 2. The van der Waals surface area contributed by atoms with E-state index in [1.54, 1.807) is 18.8 Å². The number of hydrogen-bond donors (Lipinski definition) is 0. The summed E-state index contributed by atoms with van der Waals surface area (Å²) >= 11 is 1.67. The average molecular weight is 144 g/mol. The van der Waals surface area contributed by atoms with Crippen LogP contribution in [-0.4, -0.2) is 29.4 Å². The van der Waals surface area contributed by atoms with Crippen molar-refractivity contribution in [1.29, 1.82) is 0 Å². The number of hydrazine groups is 1. The fourth-order valence-corrected chi connectivity index (χ4v) is 1.27. The summed E-state index contributed by atoms with van der Waals surface area (Å²) in [6.45, 7) is 0. The molecule has 0 N–H and O–H groups in total. The normalized spacial score (nSPS) is 16.3. The minimum Gasteiger partial charge on any atom is -0.280 e. The molecule has 0 radical (unpaired) electrons. The lowest BCUT2D eigenvalue weighted by atomic mass is 10.9. The maximum Gasteiger partial charge on any atom is 0.228 e. The zero-order valence-corrected chi connectivity index (χ0v) is 5.97. The Hall–Kier alpha value is -0.640. The SMILES string of the molecule is CN(C=O)N1C=CSC1. The first-order valence-electron chi connectivity index (χ1n) is 2.57. The molecule has 0 atom stereocenters. The topological polar surface area (TPSA) is 23.6 Å². The maximum atomic E-state index is 10.1. The van der Waals surface area contributed by atoms with Crippen molar-refractivity contribution in [1.82, 2.24) is 10.0 Å². The Bertz CT molecular complexity index is 137. The van der Waals surface area contributed by atoms with Crippen LogP contribution in [0.3, 0.4) is 0 Å². The summed E-state index contributed by atoms with van der Waals surface area (Å²) in [5.41, 5.74) is 0. The van der Waals surface area contributed by atoms with Gasteiger partial charge in [-0.05, 0) is 5.41 Å². The molecule has 0 saturated carbocycles. The molecule has 1 amide bonds. The number of carbonyl (C=O) groups is 1. The highest BCUT2D eigenvalue weighted by Gasteiger charge is 2.06. The van der Waals surface area contributed by atoms with Gasteiger partial charge in [-0.2, -0.15) is 0 Å². The lowest BCUT2D eigenvalue weighted by Gasteiger charge is -2.22. The number of thioether (sulfide) groups is 1. The molecule has 0 aromatic rings. The van der Waals surface area contributed by atoms with Crippen LogP contribution in [0.15, 0.2) is 11.6 Å². The van der Waals surface area contributed by atoms with Crippen molar-refractivity contribution in [3.05, 3.63) is 11.6 Å². The summed E-state index contributed by atoms with van der Waals surface area (Å²) < 4.78 is 0. The van der Waals surface area contributed by atoms with Crippen molar-refractivity contribution < 1.29 is 4.79 Å². The van der Waals surface area contributed by atoms with Gasteiger partial charge in [0.2, 0.25) is 6.41 Å². The molecule has 1 heterocycles. The van der Waals surface area contributed by atoms with Gasteiger partial charge in [0.05, 0.1) is 5.88 Å². The van der Waals surface area contributed by atoms with E-state index in [1.165, 1.54) is 5.01 Å². The second-order valence-corrected chi connectivity index (χ2v) is 2.56.